The Morgan fingerprint density at radius 3 is 2.37 bits per heavy atom. The van der Waals surface area contributed by atoms with Gasteiger partial charge in [-0.05, 0) is 49.2 Å². The number of rotatable bonds is 6. The smallest absolute Gasteiger partial charge is 0.191 e. The Bertz CT molecular complexity index is 871. The van der Waals surface area contributed by atoms with Crippen LogP contribution in [0.1, 0.15) is 24.1 Å². The summed E-state index contributed by atoms with van der Waals surface area (Å²) in [5.41, 5.74) is 2.37. The van der Waals surface area contributed by atoms with Crippen molar-refractivity contribution in [2.24, 2.45) is 4.99 Å². The van der Waals surface area contributed by atoms with E-state index in [4.69, 9.17) is 0 Å². The second kappa shape index (κ2) is 11.0. The molecule has 2 N–H and O–H groups in total. The van der Waals surface area contributed by atoms with Crippen molar-refractivity contribution in [3.63, 3.8) is 0 Å². The molecule has 0 saturated heterocycles. The van der Waals surface area contributed by atoms with Crippen LogP contribution in [0.3, 0.4) is 0 Å². The zero-order chi connectivity index (χ0) is 19.2. The summed E-state index contributed by atoms with van der Waals surface area (Å²) in [5.74, 6) is 0.570. The number of aliphatic imine (C=N–C) groups is 1. The lowest BCUT2D eigenvalue weighted by molar-refractivity contribution is 0.594. The summed E-state index contributed by atoms with van der Waals surface area (Å²) in [6.45, 7) is 4.39. The summed E-state index contributed by atoms with van der Waals surface area (Å²) >= 11 is 3.31. The third-order valence-corrected chi connectivity index (χ3v) is 6.33. The first-order chi connectivity index (χ1) is 12.3. The monoisotopic (exact) mass is 565 g/mol. The van der Waals surface area contributed by atoms with E-state index in [-0.39, 0.29) is 42.3 Å². The van der Waals surface area contributed by atoms with Crippen molar-refractivity contribution < 1.29 is 8.42 Å². The van der Waals surface area contributed by atoms with Gasteiger partial charge in [0, 0.05) is 18.1 Å². The maximum absolute atomic E-state index is 12.4. The lowest BCUT2D eigenvalue weighted by Crippen LogP contribution is -2.40. The molecule has 0 aliphatic rings. The summed E-state index contributed by atoms with van der Waals surface area (Å²) in [5, 5.41) is 6.37. The maximum atomic E-state index is 12.4. The van der Waals surface area contributed by atoms with Crippen LogP contribution in [0.25, 0.3) is 0 Å². The SMILES string of the molecule is CN=C(NCCS(=O)(=O)c1ccc(Br)cc1)NC(C)c1ccccc1C.I. The molecule has 0 bridgehead atoms. The van der Waals surface area contributed by atoms with Crippen molar-refractivity contribution in [2.75, 3.05) is 19.3 Å². The van der Waals surface area contributed by atoms with Gasteiger partial charge in [-0.1, -0.05) is 40.2 Å². The van der Waals surface area contributed by atoms with Crippen molar-refractivity contribution in [1.29, 1.82) is 0 Å². The molecule has 0 spiro atoms. The Morgan fingerprint density at radius 2 is 1.78 bits per heavy atom. The van der Waals surface area contributed by atoms with E-state index in [0.717, 1.165) is 4.47 Å². The molecule has 0 amide bonds. The highest BCUT2D eigenvalue weighted by molar-refractivity contribution is 14.0. The average molecular weight is 566 g/mol. The molecule has 5 nitrogen and oxygen atoms in total. The molecule has 0 saturated carbocycles. The quantitative estimate of drug-likeness (QED) is 0.315. The zero-order valence-electron chi connectivity index (χ0n) is 15.6. The van der Waals surface area contributed by atoms with Crippen LogP contribution < -0.4 is 10.6 Å². The standard InChI is InChI=1S/C19H24BrN3O2S.HI/c1-14-6-4-5-7-18(14)15(2)23-19(21-3)22-12-13-26(24,25)17-10-8-16(20)9-11-17;/h4-11,15H,12-13H2,1-3H3,(H2,21,22,23);1H. The predicted octanol–water partition coefficient (Wildman–Crippen LogP) is 4.08. The fraction of sp³-hybridized carbons (Fsp3) is 0.316. The van der Waals surface area contributed by atoms with Gasteiger partial charge in [0.1, 0.15) is 0 Å². The molecule has 0 fully saturated rings. The van der Waals surface area contributed by atoms with Crippen molar-refractivity contribution in [3.05, 3.63) is 64.1 Å². The number of sulfone groups is 1. The molecule has 1 atom stereocenters. The normalized spacial score (nSPS) is 12.8. The van der Waals surface area contributed by atoms with Gasteiger partial charge in [0.15, 0.2) is 15.8 Å². The van der Waals surface area contributed by atoms with Gasteiger partial charge in [0.2, 0.25) is 0 Å². The van der Waals surface area contributed by atoms with Gasteiger partial charge in [-0.15, -0.1) is 24.0 Å². The Hall–Kier alpha value is -1.13. The van der Waals surface area contributed by atoms with E-state index in [1.54, 1.807) is 31.3 Å². The molecule has 0 heterocycles. The molecule has 0 aliphatic carbocycles. The van der Waals surface area contributed by atoms with Gasteiger partial charge < -0.3 is 10.6 Å². The van der Waals surface area contributed by atoms with Crippen molar-refractivity contribution in [2.45, 2.75) is 24.8 Å². The number of hydrogen-bond acceptors (Lipinski definition) is 3. The highest BCUT2D eigenvalue weighted by atomic mass is 127. The number of nitrogens with zero attached hydrogens (tertiary/aromatic N) is 1. The molecule has 8 heteroatoms. The molecule has 0 radical (unpaired) electrons. The molecule has 2 aromatic rings. The number of aryl methyl sites for hydroxylation is 1. The van der Waals surface area contributed by atoms with Crippen LogP contribution in [0.15, 0.2) is 62.9 Å². The molecule has 2 aromatic carbocycles. The van der Waals surface area contributed by atoms with Crippen molar-refractivity contribution >= 4 is 55.7 Å². The van der Waals surface area contributed by atoms with Crippen LogP contribution in [0.4, 0.5) is 0 Å². The average Bonchev–Trinajstić information content (AvgIpc) is 2.61. The van der Waals surface area contributed by atoms with Crippen LogP contribution in [0.2, 0.25) is 0 Å². The molecule has 2 rings (SSSR count). The number of hydrogen-bond donors (Lipinski definition) is 2. The van der Waals surface area contributed by atoms with Crippen LogP contribution in [0.5, 0.6) is 0 Å². The fourth-order valence-corrected chi connectivity index (χ4v) is 4.04. The fourth-order valence-electron chi connectivity index (χ4n) is 2.61. The van der Waals surface area contributed by atoms with Crippen molar-refractivity contribution in [1.82, 2.24) is 10.6 Å². The summed E-state index contributed by atoms with van der Waals surface area (Å²) in [6, 6.07) is 14.9. The Kier molecular flexibility index (Phi) is 9.75. The van der Waals surface area contributed by atoms with Crippen LogP contribution in [0, 0.1) is 6.92 Å². The van der Waals surface area contributed by atoms with Gasteiger partial charge in [0.05, 0.1) is 16.7 Å². The first-order valence-electron chi connectivity index (χ1n) is 8.34. The summed E-state index contributed by atoms with van der Waals surface area (Å²) in [4.78, 5) is 4.50. The van der Waals surface area contributed by atoms with Crippen LogP contribution in [-0.4, -0.2) is 33.7 Å². The highest BCUT2D eigenvalue weighted by Crippen LogP contribution is 2.17. The number of halogens is 2. The first-order valence-corrected chi connectivity index (χ1v) is 10.8. The summed E-state index contributed by atoms with van der Waals surface area (Å²) in [7, 11) is -1.66. The molecular formula is C19H25BrIN3O2S. The highest BCUT2D eigenvalue weighted by Gasteiger charge is 2.15. The van der Waals surface area contributed by atoms with Gasteiger partial charge in [0.25, 0.3) is 0 Å². The van der Waals surface area contributed by atoms with E-state index >= 15 is 0 Å². The minimum absolute atomic E-state index is 0. The lowest BCUT2D eigenvalue weighted by atomic mass is 10.0. The van der Waals surface area contributed by atoms with Gasteiger partial charge >= 0.3 is 0 Å². The third-order valence-electron chi connectivity index (χ3n) is 4.07. The molecule has 1 unspecified atom stereocenters. The molecule has 27 heavy (non-hydrogen) atoms. The van der Waals surface area contributed by atoms with E-state index in [1.807, 2.05) is 19.1 Å². The lowest BCUT2D eigenvalue weighted by Gasteiger charge is -2.19. The molecule has 0 aliphatic heterocycles. The second-order valence-corrected chi connectivity index (χ2v) is 9.02. The van der Waals surface area contributed by atoms with E-state index in [9.17, 15) is 8.42 Å². The molecule has 0 aromatic heterocycles. The van der Waals surface area contributed by atoms with Crippen LogP contribution in [-0.2, 0) is 9.84 Å². The topological polar surface area (TPSA) is 70.6 Å². The Labute approximate surface area is 187 Å². The second-order valence-electron chi connectivity index (χ2n) is 5.99. The summed E-state index contributed by atoms with van der Waals surface area (Å²) in [6.07, 6.45) is 0. The minimum atomic E-state index is -3.33. The number of nitrogens with one attached hydrogen (secondary N) is 2. The number of guanidine groups is 1. The van der Waals surface area contributed by atoms with E-state index < -0.39 is 9.84 Å². The molecular weight excluding hydrogens is 541 g/mol. The van der Waals surface area contributed by atoms with Gasteiger partial charge in [-0.2, -0.15) is 0 Å². The predicted molar refractivity (Wildman–Crippen MR) is 126 cm³/mol. The van der Waals surface area contributed by atoms with Gasteiger partial charge in [-0.25, -0.2) is 8.42 Å². The Balaban J connectivity index is 0.00000364. The van der Waals surface area contributed by atoms with Gasteiger partial charge in [-0.3, -0.25) is 4.99 Å². The van der Waals surface area contributed by atoms with E-state index in [2.05, 4.69) is 50.6 Å². The summed E-state index contributed by atoms with van der Waals surface area (Å²) < 4.78 is 25.6. The number of benzene rings is 2. The van der Waals surface area contributed by atoms with Crippen LogP contribution >= 0.6 is 39.9 Å². The first kappa shape index (κ1) is 23.9. The minimum Gasteiger partial charge on any atom is -0.355 e. The van der Waals surface area contributed by atoms with Crippen molar-refractivity contribution in [3.8, 4) is 0 Å². The maximum Gasteiger partial charge on any atom is 0.191 e. The van der Waals surface area contributed by atoms with E-state index in [1.165, 1.54) is 11.1 Å². The Morgan fingerprint density at radius 1 is 1.15 bits per heavy atom. The van der Waals surface area contributed by atoms with E-state index in [0.29, 0.717) is 10.9 Å². The molecule has 148 valence electrons. The largest absolute Gasteiger partial charge is 0.355 e. The zero-order valence-corrected chi connectivity index (χ0v) is 20.3. The third kappa shape index (κ3) is 7.08.